The molecule has 0 aliphatic carbocycles. The lowest BCUT2D eigenvalue weighted by Gasteiger charge is -2.46. The normalized spacial score (nSPS) is 30.2. The Morgan fingerprint density at radius 1 is 0.878 bits per heavy atom. The minimum Gasteiger partial charge on any atom is -0.413 e. The van der Waals surface area contributed by atoms with Crippen LogP contribution < -0.4 is 5.32 Å². The van der Waals surface area contributed by atoms with Gasteiger partial charge in [-0.25, -0.2) is 4.79 Å². The maximum atomic E-state index is 13.4. The Hall–Kier alpha value is -0.786. The minimum absolute atomic E-state index is 0.173. The van der Waals surface area contributed by atoms with Gasteiger partial charge in [0.1, 0.15) is 12.3 Å². The average Bonchev–Trinajstić information content (AvgIpc) is 3.36. The summed E-state index contributed by atoms with van der Waals surface area (Å²) in [5.41, 5.74) is 2.01. The second-order valence-electron chi connectivity index (χ2n) is 15.3. The molecule has 3 amide bonds. The van der Waals surface area contributed by atoms with Crippen LogP contribution in [-0.4, -0.2) is 89.6 Å². The number of nitrogens with one attached hydrogen (secondary N) is 1. The first kappa shape index (κ1) is 34.7. The number of rotatable bonds is 12. The number of likely N-dealkylation sites (N-methyl/N-ethyl adjacent to an activating group) is 1. The van der Waals surface area contributed by atoms with E-state index in [2.05, 4.69) is 93.3 Å². The third-order valence-corrected chi connectivity index (χ3v) is 23.1. The molecule has 3 heterocycles. The molecule has 0 spiro atoms. The van der Waals surface area contributed by atoms with Gasteiger partial charge in [-0.3, -0.25) is 15.0 Å². The molecule has 0 bridgehead atoms. The van der Waals surface area contributed by atoms with E-state index >= 15 is 0 Å². The smallest absolute Gasteiger partial charge is 0.326 e. The molecule has 238 valence electrons. The number of urea groups is 1. The number of hydrogen-bond acceptors (Lipinski definition) is 6. The van der Waals surface area contributed by atoms with Crippen molar-refractivity contribution in [3.8, 4) is 0 Å². The largest absolute Gasteiger partial charge is 0.413 e. The number of ether oxygens (including phenoxy) is 1. The summed E-state index contributed by atoms with van der Waals surface area (Å²) in [6, 6.07) is -0.592. The van der Waals surface area contributed by atoms with Crippen LogP contribution in [0.3, 0.4) is 0 Å². The van der Waals surface area contributed by atoms with E-state index in [4.69, 9.17) is 13.6 Å². The molecule has 0 aromatic rings. The minimum atomic E-state index is -2.24. The van der Waals surface area contributed by atoms with Crippen molar-refractivity contribution in [3.63, 3.8) is 0 Å². The van der Waals surface area contributed by atoms with Gasteiger partial charge in [0.2, 0.25) is 14.2 Å². The van der Waals surface area contributed by atoms with Crippen LogP contribution in [-0.2, 0) is 18.4 Å². The molecule has 3 saturated heterocycles. The highest BCUT2D eigenvalue weighted by atomic mass is 28.4. The van der Waals surface area contributed by atoms with E-state index in [1.807, 2.05) is 18.9 Å². The molecule has 1 N–H and O–H groups in total. The van der Waals surface area contributed by atoms with Crippen LogP contribution in [0, 0.1) is 5.41 Å². The molecular formula is C31H61N3O5Si2. The zero-order valence-corrected chi connectivity index (χ0v) is 30.5. The number of nitrogens with zero attached hydrogens (tertiary/aromatic N) is 2. The highest BCUT2D eigenvalue weighted by Gasteiger charge is 2.59. The van der Waals surface area contributed by atoms with Crippen molar-refractivity contribution < 1.29 is 23.2 Å². The molecule has 3 fully saturated rings. The van der Waals surface area contributed by atoms with E-state index in [9.17, 15) is 9.59 Å². The predicted molar refractivity (Wildman–Crippen MR) is 171 cm³/mol. The Bertz CT molecular complexity index is 899. The average molecular weight is 612 g/mol. The number of imide groups is 1. The Labute approximate surface area is 252 Å². The topological polar surface area (TPSA) is 80.3 Å². The van der Waals surface area contributed by atoms with E-state index in [1.54, 1.807) is 0 Å². The molecule has 10 heteroatoms. The highest BCUT2D eigenvalue weighted by molar-refractivity contribution is 6.78. The first-order valence-electron chi connectivity index (χ1n) is 16.2. The fraction of sp³-hybridized carbons (Fsp3) is 0.935. The predicted octanol–water partition coefficient (Wildman–Crippen LogP) is 6.73. The lowest BCUT2D eigenvalue weighted by atomic mass is 9.81. The van der Waals surface area contributed by atoms with Gasteiger partial charge in [-0.15, -0.1) is 0 Å². The Morgan fingerprint density at radius 3 is 1.83 bits per heavy atom. The Balaban J connectivity index is 2.00. The summed E-state index contributed by atoms with van der Waals surface area (Å²) < 4.78 is 21.3. The maximum absolute atomic E-state index is 13.4. The van der Waals surface area contributed by atoms with Crippen molar-refractivity contribution in [1.29, 1.82) is 0 Å². The molecule has 0 aromatic carbocycles. The second kappa shape index (κ2) is 12.7. The first-order chi connectivity index (χ1) is 18.9. The van der Waals surface area contributed by atoms with Crippen molar-refractivity contribution in [3.05, 3.63) is 0 Å². The number of likely N-dealkylation sites (tertiary alicyclic amines) is 1. The number of fused-ring (bicyclic) bond motifs is 1. The quantitative estimate of drug-likeness (QED) is 0.247. The third-order valence-electron chi connectivity index (χ3n) is 10.9. The third kappa shape index (κ3) is 5.99. The van der Waals surface area contributed by atoms with Gasteiger partial charge >= 0.3 is 6.03 Å². The molecule has 3 rings (SSSR count). The Kier molecular flexibility index (Phi) is 10.7. The summed E-state index contributed by atoms with van der Waals surface area (Å²) in [5.74, 6) is -0.189. The van der Waals surface area contributed by atoms with E-state index < -0.39 is 28.3 Å². The van der Waals surface area contributed by atoms with Gasteiger partial charge in [-0.1, -0.05) is 83.1 Å². The van der Waals surface area contributed by atoms with Crippen LogP contribution in [0.1, 0.15) is 96.4 Å². The molecule has 2 unspecified atom stereocenters. The maximum Gasteiger partial charge on any atom is 0.326 e. The summed E-state index contributed by atoms with van der Waals surface area (Å²) in [7, 11) is -2.37. The van der Waals surface area contributed by atoms with E-state index in [0.29, 0.717) is 59.4 Å². The van der Waals surface area contributed by atoms with Gasteiger partial charge in [-0.2, -0.15) is 0 Å². The molecule has 3 aliphatic heterocycles. The molecular weight excluding hydrogens is 551 g/mol. The van der Waals surface area contributed by atoms with E-state index in [0.717, 1.165) is 0 Å². The molecule has 0 radical (unpaired) electrons. The summed E-state index contributed by atoms with van der Waals surface area (Å²) in [4.78, 5) is 30.4. The zero-order valence-electron chi connectivity index (χ0n) is 28.5. The number of carbonyl (C=O) groups is 2. The van der Waals surface area contributed by atoms with Crippen molar-refractivity contribution in [1.82, 2.24) is 15.1 Å². The van der Waals surface area contributed by atoms with Crippen molar-refractivity contribution in [2.24, 2.45) is 5.41 Å². The van der Waals surface area contributed by atoms with Crippen molar-refractivity contribution in [2.75, 3.05) is 26.7 Å². The SMILES string of the molecule is CC(C)[Si](OC[C@H]1O[C@@H](N2C(=O)NC(=O)C3(C)CN(C)CC23)C[C@@H]1O[Si](C(C)C)(C(C)C)C(C)C)(C(C)C)C(C)C. The molecule has 0 aromatic heterocycles. The highest BCUT2D eigenvalue weighted by Crippen LogP contribution is 2.47. The summed E-state index contributed by atoms with van der Waals surface area (Å²) in [6.07, 6.45) is -0.328. The summed E-state index contributed by atoms with van der Waals surface area (Å²) >= 11 is 0. The van der Waals surface area contributed by atoms with Crippen LogP contribution >= 0.6 is 0 Å². The molecule has 5 atom stereocenters. The van der Waals surface area contributed by atoms with Crippen LogP contribution in [0.15, 0.2) is 0 Å². The van der Waals surface area contributed by atoms with Crippen molar-refractivity contribution >= 4 is 28.6 Å². The molecule has 41 heavy (non-hydrogen) atoms. The van der Waals surface area contributed by atoms with Crippen molar-refractivity contribution in [2.45, 2.75) is 154 Å². The van der Waals surface area contributed by atoms with E-state index in [1.165, 1.54) is 0 Å². The lowest BCUT2D eigenvalue weighted by molar-refractivity contribution is -0.139. The standard InChI is InChI=1S/C31H61N3O5Si2/c1-19(2)40(20(3)4,21(5)6)37-17-26-25(39-41(22(7)8,23(9)10)24(11)12)15-28(38-26)34-27-16-33(14)18-31(27,13)29(35)32-30(34)36/h19-28H,15-18H2,1-14H3,(H,32,35,36)/t25-,26+,27?,28+,31?/m0/s1. The van der Waals surface area contributed by atoms with Gasteiger partial charge in [0, 0.05) is 19.5 Å². The van der Waals surface area contributed by atoms with E-state index in [-0.39, 0.29) is 30.2 Å². The monoisotopic (exact) mass is 611 g/mol. The zero-order chi connectivity index (χ0) is 31.2. The number of carbonyl (C=O) groups excluding carboxylic acids is 2. The Morgan fingerprint density at radius 2 is 1.37 bits per heavy atom. The van der Waals surface area contributed by atoms with Gasteiger partial charge in [0.05, 0.1) is 24.2 Å². The fourth-order valence-electron chi connectivity index (χ4n) is 9.16. The second-order valence-corrected chi connectivity index (χ2v) is 26.1. The van der Waals surface area contributed by atoms with Crippen LogP contribution in [0.2, 0.25) is 33.2 Å². The number of hydrogen-bond donors (Lipinski definition) is 1. The fourth-order valence-corrected chi connectivity index (χ4v) is 20.2. The molecule has 3 aliphatic rings. The molecule has 0 saturated carbocycles. The lowest BCUT2D eigenvalue weighted by Crippen LogP contribution is -2.67. The van der Waals surface area contributed by atoms with Gasteiger partial charge < -0.3 is 18.5 Å². The molecule has 8 nitrogen and oxygen atoms in total. The first-order valence-corrected chi connectivity index (χ1v) is 20.4. The van der Waals surface area contributed by atoms with Gasteiger partial charge in [0.15, 0.2) is 8.32 Å². The summed E-state index contributed by atoms with van der Waals surface area (Å²) in [6.45, 7) is 31.4. The number of amides is 3. The van der Waals surface area contributed by atoms with Gasteiger partial charge in [0.25, 0.3) is 0 Å². The summed E-state index contributed by atoms with van der Waals surface area (Å²) in [5, 5.41) is 2.66. The van der Waals surface area contributed by atoms with Crippen LogP contribution in [0.5, 0.6) is 0 Å². The van der Waals surface area contributed by atoms with Gasteiger partial charge in [-0.05, 0) is 47.2 Å². The van der Waals surface area contributed by atoms with Crippen LogP contribution in [0.4, 0.5) is 4.79 Å². The van der Waals surface area contributed by atoms with Crippen LogP contribution in [0.25, 0.3) is 0 Å².